The third-order valence-corrected chi connectivity index (χ3v) is 9.88. The van der Waals surface area contributed by atoms with Crippen molar-refractivity contribution in [2.24, 2.45) is 23.3 Å². The molecule has 0 spiro atoms. The van der Waals surface area contributed by atoms with Crippen molar-refractivity contribution in [3.63, 3.8) is 0 Å². The van der Waals surface area contributed by atoms with E-state index in [2.05, 4.69) is 46.3 Å². The molecule has 2 heterocycles. The summed E-state index contributed by atoms with van der Waals surface area (Å²) in [6.07, 6.45) is 4.97. The number of carbonyl (C=O) groups is 2. The third kappa shape index (κ3) is 11.1. The summed E-state index contributed by atoms with van der Waals surface area (Å²) in [5.74, 6) is 1.22. The van der Waals surface area contributed by atoms with Gasteiger partial charge in [-0.3, -0.25) is 4.79 Å². The van der Waals surface area contributed by atoms with Crippen LogP contribution in [0.1, 0.15) is 33.1 Å². The van der Waals surface area contributed by atoms with Crippen LogP contribution in [0.4, 0.5) is 20.7 Å². The van der Waals surface area contributed by atoms with Crippen LogP contribution in [0.5, 0.6) is 11.5 Å². The summed E-state index contributed by atoms with van der Waals surface area (Å²) in [7, 11) is 1.59. The van der Waals surface area contributed by atoms with Crippen molar-refractivity contribution >= 4 is 45.9 Å². The monoisotopic (exact) mass is 729 g/mol. The highest BCUT2D eigenvalue weighted by Crippen LogP contribution is 2.35. The van der Waals surface area contributed by atoms with Crippen molar-refractivity contribution in [1.29, 1.82) is 0 Å². The number of nitrogens with zero attached hydrogens (tertiary/aromatic N) is 3. The highest BCUT2D eigenvalue weighted by atomic mass is 35.5. The molecule has 1 saturated heterocycles. The minimum absolute atomic E-state index is 0.00486. The van der Waals surface area contributed by atoms with E-state index in [1.165, 1.54) is 18.5 Å². The number of morpholine rings is 1. The van der Waals surface area contributed by atoms with Gasteiger partial charge in [0.15, 0.2) is 11.5 Å². The first-order valence-electron chi connectivity index (χ1n) is 17.3. The Balaban J connectivity index is 1.37. The number of rotatable bonds is 19. The molecule has 1 unspecified atom stereocenters. The van der Waals surface area contributed by atoms with Crippen LogP contribution in [0.3, 0.4) is 0 Å². The van der Waals surface area contributed by atoms with Crippen molar-refractivity contribution in [3.05, 3.63) is 60.2 Å². The smallest absolute Gasteiger partial charge is 0.312 e. The fourth-order valence-corrected chi connectivity index (χ4v) is 6.61. The lowest BCUT2D eigenvalue weighted by Gasteiger charge is -2.44. The highest BCUT2D eigenvalue weighted by molar-refractivity contribution is 6.31. The number of nitrogens with one attached hydrogen (secondary N) is 3. The average Bonchev–Trinajstić information content (AvgIpc) is 3.12. The van der Waals surface area contributed by atoms with Gasteiger partial charge in [-0.15, -0.1) is 6.58 Å². The summed E-state index contributed by atoms with van der Waals surface area (Å²) in [4.78, 5) is 32.6. The van der Waals surface area contributed by atoms with Crippen molar-refractivity contribution in [3.8, 4) is 11.5 Å². The zero-order valence-electron chi connectivity index (χ0n) is 29.6. The van der Waals surface area contributed by atoms with Crippen LogP contribution in [0.2, 0.25) is 5.02 Å². The number of fused-ring (bicyclic) bond motifs is 1. The van der Waals surface area contributed by atoms with E-state index >= 15 is 0 Å². The van der Waals surface area contributed by atoms with Gasteiger partial charge in [0.1, 0.15) is 31.1 Å². The van der Waals surface area contributed by atoms with Gasteiger partial charge < -0.3 is 46.1 Å². The number of halogens is 2. The SMILES string of the molecule is C=CC(NC(=O)[C@@H](N)CCCNC(N)=O)[C@H](C)[C@H](C)C[N+]1(CCCOc2cc3c(Nc4ccc(F)c(Cl)c4)ncnc3cc2OC)CCOCC1. The van der Waals surface area contributed by atoms with E-state index in [-0.39, 0.29) is 28.8 Å². The zero-order chi connectivity index (χ0) is 37.0. The molecule has 4 atom stereocenters. The predicted molar refractivity (Wildman–Crippen MR) is 197 cm³/mol. The number of hydrogen-bond donors (Lipinski definition) is 5. The molecule has 1 fully saturated rings. The number of methoxy groups -OCH3 is 1. The zero-order valence-corrected chi connectivity index (χ0v) is 30.4. The summed E-state index contributed by atoms with van der Waals surface area (Å²) < 4.78 is 32.3. The number of aromatic nitrogens is 2. The number of urea groups is 1. The second kappa shape index (κ2) is 18.8. The fourth-order valence-electron chi connectivity index (χ4n) is 6.43. The molecule has 2 aromatic carbocycles. The number of carbonyl (C=O) groups excluding carboxylic acids is 2. The van der Waals surface area contributed by atoms with Crippen LogP contribution in [0.25, 0.3) is 10.9 Å². The number of anilines is 2. The van der Waals surface area contributed by atoms with E-state index in [4.69, 9.17) is 37.3 Å². The molecular weight excluding hydrogens is 679 g/mol. The van der Waals surface area contributed by atoms with Gasteiger partial charge >= 0.3 is 6.03 Å². The van der Waals surface area contributed by atoms with Crippen LogP contribution < -0.4 is 36.9 Å². The quantitative estimate of drug-likeness (QED) is 0.0676. The van der Waals surface area contributed by atoms with Crippen molar-refractivity contribution in [2.75, 3.05) is 65.0 Å². The van der Waals surface area contributed by atoms with E-state index in [1.807, 2.05) is 6.07 Å². The molecule has 1 aliphatic rings. The molecule has 278 valence electrons. The Labute approximate surface area is 303 Å². The predicted octanol–water partition coefficient (Wildman–Crippen LogP) is 4.51. The standard InChI is InChI=1S/C36H50ClFN8O5/c1-5-30(45-35(47)29(39)8-6-11-41-36(40)48)24(3)23(2)21-46(13-16-50-17-14-46)12-7-15-51-33-19-26-31(20-32(33)49-4)42-22-43-34(26)44-25-9-10-28(38)27(37)18-25/h5,9-10,18-20,22-24,29-30H,1,6-8,11-17,21,39H2,2-4H3,(H4-,40,41,42,43,44,45,47,48)/p+1/t23-,24-,29+,30?/m1/s1. The average molecular weight is 730 g/mol. The maximum Gasteiger partial charge on any atom is 0.312 e. The summed E-state index contributed by atoms with van der Waals surface area (Å²) in [5.41, 5.74) is 12.5. The third-order valence-electron chi connectivity index (χ3n) is 9.59. The first-order chi connectivity index (χ1) is 24.4. The van der Waals surface area contributed by atoms with E-state index < -0.39 is 17.9 Å². The molecule has 15 heteroatoms. The summed E-state index contributed by atoms with van der Waals surface area (Å²) in [5, 5.41) is 9.49. The van der Waals surface area contributed by atoms with Crippen molar-refractivity contribution in [1.82, 2.24) is 20.6 Å². The van der Waals surface area contributed by atoms with Gasteiger partial charge in [0.05, 0.1) is 56.6 Å². The molecule has 3 aromatic rings. The first-order valence-corrected chi connectivity index (χ1v) is 17.7. The lowest BCUT2D eigenvalue weighted by Crippen LogP contribution is -2.59. The Morgan fingerprint density at radius 2 is 1.92 bits per heavy atom. The summed E-state index contributed by atoms with van der Waals surface area (Å²) in [6, 6.07) is 6.47. The highest BCUT2D eigenvalue weighted by Gasteiger charge is 2.35. The Morgan fingerprint density at radius 1 is 1.16 bits per heavy atom. The number of hydrogen-bond acceptors (Lipinski definition) is 9. The fraction of sp³-hybridized carbons (Fsp3) is 0.500. The molecule has 1 aromatic heterocycles. The van der Waals surface area contributed by atoms with Gasteiger partial charge in [0.25, 0.3) is 0 Å². The summed E-state index contributed by atoms with van der Waals surface area (Å²) in [6.45, 7) is 14.0. The molecule has 0 bridgehead atoms. The molecule has 51 heavy (non-hydrogen) atoms. The Kier molecular flexibility index (Phi) is 14.6. The number of quaternary nitrogens is 1. The molecular formula is C36H51ClFN8O5+. The van der Waals surface area contributed by atoms with Gasteiger partial charge in [0.2, 0.25) is 5.91 Å². The molecule has 1 aliphatic heterocycles. The number of ether oxygens (including phenoxy) is 3. The van der Waals surface area contributed by atoms with Gasteiger partial charge in [0, 0.05) is 42.1 Å². The molecule has 7 N–H and O–H groups in total. The lowest BCUT2D eigenvalue weighted by molar-refractivity contribution is -0.938. The van der Waals surface area contributed by atoms with Gasteiger partial charge in [-0.05, 0) is 43.0 Å². The summed E-state index contributed by atoms with van der Waals surface area (Å²) >= 11 is 5.99. The van der Waals surface area contributed by atoms with E-state index in [0.717, 1.165) is 37.1 Å². The van der Waals surface area contributed by atoms with Crippen LogP contribution >= 0.6 is 11.6 Å². The van der Waals surface area contributed by atoms with Crippen molar-refractivity contribution < 1.29 is 32.7 Å². The maximum absolute atomic E-state index is 13.7. The van der Waals surface area contributed by atoms with Crippen molar-refractivity contribution in [2.45, 2.75) is 45.2 Å². The van der Waals surface area contributed by atoms with Gasteiger partial charge in [-0.2, -0.15) is 0 Å². The minimum Gasteiger partial charge on any atom is -0.493 e. The van der Waals surface area contributed by atoms with E-state index in [1.54, 1.807) is 25.3 Å². The van der Waals surface area contributed by atoms with Gasteiger partial charge in [-0.1, -0.05) is 31.5 Å². The Morgan fingerprint density at radius 3 is 2.61 bits per heavy atom. The first kappa shape index (κ1) is 39.5. The molecule has 0 aliphatic carbocycles. The van der Waals surface area contributed by atoms with E-state index in [0.29, 0.717) is 73.1 Å². The molecule has 0 radical (unpaired) electrons. The van der Waals surface area contributed by atoms with Crippen LogP contribution in [-0.2, 0) is 9.53 Å². The Hall–Kier alpha value is -4.24. The second-order valence-corrected chi connectivity index (χ2v) is 13.6. The number of benzene rings is 2. The number of primary amides is 1. The van der Waals surface area contributed by atoms with Crippen LogP contribution in [-0.4, -0.2) is 98.1 Å². The molecule has 3 amide bonds. The molecule has 0 saturated carbocycles. The minimum atomic E-state index is -0.701. The molecule has 13 nitrogen and oxygen atoms in total. The Bertz CT molecular complexity index is 1640. The second-order valence-electron chi connectivity index (χ2n) is 13.2. The molecule has 4 rings (SSSR count). The normalized spacial score (nSPS) is 16.4. The van der Waals surface area contributed by atoms with Gasteiger partial charge in [-0.25, -0.2) is 19.2 Å². The van der Waals surface area contributed by atoms with Crippen LogP contribution in [0, 0.1) is 17.7 Å². The van der Waals surface area contributed by atoms with Crippen LogP contribution in [0.15, 0.2) is 49.3 Å². The lowest BCUT2D eigenvalue weighted by atomic mass is 9.87. The number of amides is 3. The largest absolute Gasteiger partial charge is 0.493 e. The maximum atomic E-state index is 13.7. The topological polar surface area (TPSA) is 176 Å². The van der Waals surface area contributed by atoms with E-state index in [9.17, 15) is 14.0 Å². The number of nitrogens with two attached hydrogens (primary N) is 2.